The van der Waals surface area contributed by atoms with E-state index >= 15 is 0 Å². The van der Waals surface area contributed by atoms with Gasteiger partial charge in [0, 0.05) is 31.3 Å². The van der Waals surface area contributed by atoms with Crippen molar-refractivity contribution in [1.29, 1.82) is 0 Å². The fourth-order valence-corrected chi connectivity index (χ4v) is 3.29. The van der Waals surface area contributed by atoms with E-state index in [1.165, 1.54) is 10.7 Å². The Labute approximate surface area is 175 Å². The van der Waals surface area contributed by atoms with E-state index in [1.54, 1.807) is 31.5 Å². The van der Waals surface area contributed by atoms with Crippen molar-refractivity contribution in [2.24, 2.45) is 7.05 Å². The summed E-state index contributed by atoms with van der Waals surface area (Å²) in [6, 6.07) is 4.94. The second kappa shape index (κ2) is 8.42. The number of amides is 1. The van der Waals surface area contributed by atoms with Crippen LogP contribution in [0.1, 0.15) is 28.3 Å². The van der Waals surface area contributed by atoms with Crippen molar-refractivity contribution in [1.82, 2.24) is 29.9 Å². The van der Waals surface area contributed by atoms with Crippen LogP contribution in [0.5, 0.6) is 0 Å². The fourth-order valence-electron chi connectivity index (χ4n) is 3.14. The highest BCUT2D eigenvalue weighted by molar-refractivity contribution is 7.71. The van der Waals surface area contributed by atoms with Crippen molar-refractivity contribution in [2.75, 3.05) is 6.54 Å². The summed E-state index contributed by atoms with van der Waals surface area (Å²) in [5, 5.41) is 13.9. The molecule has 0 fully saturated rings. The molecule has 2 aromatic heterocycles. The summed E-state index contributed by atoms with van der Waals surface area (Å²) < 4.78 is 42.7. The Morgan fingerprint density at radius 1 is 1.30 bits per heavy atom. The quantitative estimate of drug-likeness (QED) is 0.580. The molecule has 0 unspecified atom stereocenters. The molecule has 0 radical (unpaired) electrons. The van der Waals surface area contributed by atoms with Crippen LogP contribution in [-0.4, -0.2) is 37.0 Å². The van der Waals surface area contributed by atoms with Crippen LogP contribution in [0, 0.1) is 18.6 Å². The Kier molecular flexibility index (Phi) is 6.11. The number of hydrogen-bond donors (Lipinski definition) is 2. The van der Waals surface area contributed by atoms with Crippen molar-refractivity contribution in [2.45, 2.75) is 32.9 Å². The van der Waals surface area contributed by atoms with Crippen molar-refractivity contribution < 1.29 is 18.0 Å². The summed E-state index contributed by atoms with van der Waals surface area (Å²) in [4.78, 5) is 12.4. The predicted octanol–water partition coefficient (Wildman–Crippen LogP) is 3.20. The summed E-state index contributed by atoms with van der Waals surface area (Å²) in [6.07, 6.45) is -3.85. The number of rotatable bonds is 6. The number of carbonyl (C=O) groups is 1. The summed E-state index contributed by atoms with van der Waals surface area (Å²) in [7, 11) is 1.79. The number of aromatic amines is 1. The number of H-pyrrole nitrogens is 1. The standard InChI is InChI=1S/C19H21F3N6OS/c1-11-15(10-17(29)23-8-7-16-24-25-18(30)27(16)3)12(2)28(26-11)14-6-4-5-13(9-14)19(20,21)22/h4-6,9H,7-8,10H2,1-3H3,(H,23,29)(H,25,30). The Morgan fingerprint density at radius 2 is 2.03 bits per heavy atom. The Morgan fingerprint density at radius 3 is 2.67 bits per heavy atom. The van der Waals surface area contributed by atoms with Gasteiger partial charge < -0.3 is 9.88 Å². The molecule has 160 valence electrons. The van der Waals surface area contributed by atoms with Crippen molar-refractivity contribution in [3.8, 4) is 5.69 Å². The number of nitrogens with zero attached hydrogens (tertiary/aromatic N) is 4. The molecular weight excluding hydrogens is 417 g/mol. The smallest absolute Gasteiger partial charge is 0.355 e. The first-order chi connectivity index (χ1) is 14.1. The zero-order valence-corrected chi connectivity index (χ0v) is 17.5. The highest BCUT2D eigenvalue weighted by Crippen LogP contribution is 2.30. The second-order valence-corrected chi connectivity index (χ2v) is 7.28. The van der Waals surface area contributed by atoms with Gasteiger partial charge in [-0.2, -0.15) is 23.4 Å². The average Bonchev–Trinajstić information content (AvgIpc) is 3.15. The number of halogens is 3. The summed E-state index contributed by atoms with van der Waals surface area (Å²) in [6.45, 7) is 3.85. The Hall–Kier alpha value is -2.95. The SMILES string of the molecule is Cc1nn(-c2cccc(C(F)(F)F)c2)c(C)c1CC(=O)NCCc1n[nH]c(=S)n1C. The van der Waals surface area contributed by atoms with Crippen LogP contribution in [0.15, 0.2) is 24.3 Å². The van der Waals surface area contributed by atoms with Crippen LogP contribution in [0.3, 0.4) is 0 Å². The first kappa shape index (κ1) is 21.8. The fraction of sp³-hybridized carbons (Fsp3) is 0.368. The first-order valence-electron chi connectivity index (χ1n) is 9.17. The Balaban J connectivity index is 1.70. The number of aromatic nitrogens is 5. The lowest BCUT2D eigenvalue weighted by atomic mass is 10.1. The van der Waals surface area contributed by atoms with Gasteiger partial charge in [-0.1, -0.05) is 6.07 Å². The van der Waals surface area contributed by atoms with Crippen LogP contribution in [0.2, 0.25) is 0 Å². The maximum absolute atomic E-state index is 13.0. The number of alkyl halides is 3. The van der Waals surface area contributed by atoms with Crippen LogP contribution in [-0.2, 0) is 30.9 Å². The van der Waals surface area contributed by atoms with E-state index in [0.29, 0.717) is 40.4 Å². The van der Waals surface area contributed by atoms with Gasteiger partial charge in [-0.05, 0) is 44.3 Å². The number of carbonyl (C=O) groups excluding carboxylic acids is 1. The molecule has 0 bridgehead atoms. The van der Waals surface area contributed by atoms with E-state index in [4.69, 9.17) is 12.2 Å². The molecule has 0 spiro atoms. The van der Waals surface area contributed by atoms with Crippen molar-refractivity contribution in [3.63, 3.8) is 0 Å². The van der Waals surface area contributed by atoms with E-state index in [-0.39, 0.29) is 12.3 Å². The highest BCUT2D eigenvalue weighted by atomic mass is 32.1. The van der Waals surface area contributed by atoms with Crippen LogP contribution in [0.4, 0.5) is 13.2 Å². The summed E-state index contributed by atoms with van der Waals surface area (Å²) in [5.74, 6) is 0.520. The molecule has 1 amide bonds. The molecule has 11 heteroatoms. The van der Waals surface area contributed by atoms with Gasteiger partial charge in [0.25, 0.3) is 0 Å². The van der Waals surface area contributed by atoms with E-state index < -0.39 is 11.7 Å². The monoisotopic (exact) mass is 438 g/mol. The van der Waals surface area contributed by atoms with Gasteiger partial charge in [0.1, 0.15) is 5.82 Å². The molecule has 2 N–H and O–H groups in total. The number of hydrogen-bond acceptors (Lipinski definition) is 4. The molecule has 0 atom stereocenters. The molecule has 0 saturated carbocycles. The summed E-state index contributed by atoms with van der Waals surface area (Å²) >= 11 is 5.05. The normalized spacial score (nSPS) is 11.7. The molecule has 3 aromatic rings. The van der Waals surface area contributed by atoms with E-state index in [2.05, 4.69) is 20.6 Å². The molecule has 0 aliphatic heterocycles. The second-order valence-electron chi connectivity index (χ2n) is 6.89. The average molecular weight is 438 g/mol. The minimum Gasteiger partial charge on any atom is -0.355 e. The molecule has 1 aromatic carbocycles. The lowest BCUT2D eigenvalue weighted by Crippen LogP contribution is -2.28. The third kappa shape index (κ3) is 4.61. The lowest BCUT2D eigenvalue weighted by molar-refractivity contribution is -0.137. The molecule has 0 aliphatic carbocycles. The van der Waals surface area contributed by atoms with Gasteiger partial charge in [-0.3, -0.25) is 9.89 Å². The maximum Gasteiger partial charge on any atom is 0.416 e. The van der Waals surface area contributed by atoms with Crippen molar-refractivity contribution >= 4 is 18.1 Å². The largest absolute Gasteiger partial charge is 0.416 e. The number of benzene rings is 1. The zero-order valence-electron chi connectivity index (χ0n) is 16.7. The molecule has 3 rings (SSSR count). The third-order valence-electron chi connectivity index (χ3n) is 4.84. The van der Waals surface area contributed by atoms with E-state index in [9.17, 15) is 18.0 Å². The molecule has 2 heterocycles. The van der Waals surface area contributed by atoms with E-state index in [1.807, 2.05) is 0 Å². The maximum atomic E-state index is 13.0. The summed E-state index contributed by atoms with van der Waals surface area (Å²) in [5.41, 5.74) is 1.44. The minimum atomic E-state index is -4.44. The number of aryl methyl sites for hydroxylation is 1. The molecular formula is C19H21F3N6OS. The molecule has 30 heavy (non-hydrogen) atoms. The van der Waals surface area contributed by atoms with Gasteiger partial charge in [-0.15, -0.1) is 0 Å². The van der Waals surface area contributed by atoms with Gasteiger partial charge in [0.15, 0.2) is 4.77 Å². The first-order valence-corrected chi connectivity index (χ1v) is 9.58. The van der Waals surface area contributed by atoms with Crippen molar-refractivity contribution in [3.05, 3.63) is 57.4 Å². The van der Waals surface area contributed by atoms with Gasteiger partial charge in [-0.25, -0.2) is 4.68 Å². The van der Waals surface area contributed by atoms with Crippen LogP contribution < -0.4 is 5.32 Å². The third-order valence-corrected chi connectivity index (χ3v) is 5.20. The minimum absolute atomic E-state index is 0.0790. The molecule has 0 aliphatic rings. The predicted molar refractivity (Wildman–Crippen MR) is 107 cm³/mol. The lowest BCUT2D eigenvalue weighted by Gasteiger charge is -2.10. The van der Waals surface area contributed by atoms with Gasteiger partial charge in [0.2, 0.25) is 5.91 Å². The van der Waals surface area contributed by atoms with E-state index in [0.717, 1.165) is 18.0 Å². The van der Waals surface area contributed by atoms with Gasteiger partial charge >= 0.3 is 6.18 Å². The Bertz CT molecular complexity index is 1130. The topological polar surface area (TPSA) is 80.5 Å². The molecule has 7 nitrogen and oxygen atoms in total. The number of nitrogens with one attached hydrogen (secondary N) is 2. The zero-order chi connectivity index (χ0) is 22.1. The highest BCUT2D eigenvalue weighted by Gasteiger charge is 2.30. The van der Waals surface area contributed by atoms with Crippen LogP contribution >= 0.6 is 12.2 Å². The molecule has 0 saturated heterocycles. The van der Waals surface area contributed by atoms with Gasteiger partial charge in [0.05, 0.1) is 23.4 Å². The van der Waals surface area contributed by atoms with Crippen LogP contribution in [0.25, 0.3) is 5.69 Å².